The summed E-state index contributed by atoms with van der Waals surface area (Å²) < 4.78 is 23.9. The number of nitrogens with one attached hydrogen (secondary N) is 1. The second kappa shape index (κ2) is 19.7. The minimum Gasteiger partial charge on any atom is -0.508 e. The quantitative estimate of drug-likeness (QED) is 0.0811. The van der Waals surface area contributed by atoms with Gasteiger partial charge < -0.3 is 30.9 Å². The lowest BCUT2D eigenvalue weighted by Gasteiger charge is -2.37. The Kier molecular flexibility index (Phi) is 13.8. The minimum absolute atomic E-state index is 0.0198. The topological polar surface area (TPSA) is 190 Å². The van der Waals surface area contributed by atoms with Gasteiger partial charge in [0.1, 0.15) is 23.4 Å². The first-order chi connectivity index (χ1) is 31.7. The van der Waals surface area contributed by atoms with E-state index in [0.717, 1.165) is 55.5 Å². The van der Waals surface area contributed by atoms with Gasteiger partial charge in [0.15, 0.2) is 17.4 Å². The molecule has 0 spiro atoms. The normalized spacial score (nSPS) is 15.6. The van der Waals surface area contributed by atoms with Gasteiger partial charge in [-0.05, 0) is 106 Å². The van der Waals surface area contributed by atoms with Gasteiger partial charge in [-0.15, -0.1) is 10.2 Å². The number of benzene rings is 3. The van der Waals surface area contributed by atoms with Crippen molar-refractivity contribution < 1.29 is 28.9 Å². The molecule has 2 aliphatic heterocycles. The number of carbonyl (C=O) groups is 2. The third kappa shape index (κ3) is 9.67. The largest absolute Gasteiger partial charge is 0.508 e. The number of phenols is 2. The molecule has 3 aromatic heterocycles. The summed E-state index contributed by atoms with van der Waals surface area (Å²) in [5, 5.41) is 37.5. The fourth-order valence-corrected chi connectivity index (χ4v) is 9.52. The van der Waals surface area contributed by atoms with E-state index in [4.69, 9.17) is 33.7 Å². The van der Waals surface area contributed by atoms with Crippen LogP contribution < -0.4 is 15.8 Å². The van der Waals surface area contributed by atoms with Crippen LogP contribution in [-0.4, -0.2) is 94.1 Å². The molecule has 0 saturated carbocycles. The molecule has 6 aromatic rings. The van der Waals surface area contributed by atoms with E-state index in [-0.39, 0.29) is 62.8 Å². The molecule has 3 aromatic carbocycles. The molecule has 1 atom stereocenters. The van der Waals surface area contributed by atoms with Crippen molar-refractivity contribution in [1.29, 1.82) is 0 Å². The van der Waals surface area contributed by atoms with Crippen LogP contribution in [0.15, 0.2) is 73.2 Å². The number of anilines is 1. The summed E-state index contributed by atoms with van der Waals surface area (Å²) in [6.45, 7) is 11.4. The predicted octanol–water partition coefficient (Wildman–Crippen LogP) is 8.72. The Morgan fingerprint density at radius 2 is 1.65 bits per heavy atom. The first-order valence-corrected chi connectivity index (χ1v) is 23.0. The highest BCUT2D eigenvalue weighted by Gasteiger charge is 2.32. The summed E-state index contributed by atoms with van der Waals surface area (Å²) >= 11 is 12.5. The van der Waals surface area contributed by atoms with Crippen LogP contribution >= 0.6 is 23.2 Å². The van der Waals surface area contributed by atoms with E-state index >= 15 is 0 Å². The maximum Gasteiger partial charge on any atom is 0.289 e. The lowest BCUT2D eigenvalue weighted by atomic mass is 9.93. The van der Waals surface area contributed by atoms with Crippen LogP contribution in [0.25, 0.3) is 28.2 Å². The van der Waals surface area contributed by atoms with Crippen molar-refractivity contribution in [3.8, 4) is 45.5 Å². The number of hydrogen-bond acceptors (Lipinski definition) is 11. The van der Waals surface area contributed by atoms with Gasteiger partial charge in [-0.3, -0.25) is 23.7 Å². The third-order valence-electron chi connectivity index (χ3n) is 12.5. The predicted molar refractivity (Wildman–Crippen MR) is 250 cm³/mol. The van der Waals surface area contributed by atoms with E-state index in [1.807, 2.05) is 60.8 Å². The number of ether oxygens (including phenoxy) is 1. The van der Waals surface area contributed by atoms with Crippen LogP contribution in [0.2, 0.25) is 10.0 Å². The molecule has 0 bridgehead atoms. The van der Waals surface area contributed by atoms with Crippen molar-refractivity contribution in [3.05, 3.63) is 112 Å². The number of likely N-dealkylation sites (tertiary alicyclic amines) is 2. The molecule has 8 rings (SSSR count). The Labute approximate surface area is 392 Å². The molecule has 346 valence electrons. The minimum atomic E-state index is -0.705. The van der Waals surface area contributed by atoms with E-state index in [0.29, 0.717) is 54.3 Å². The van der Waals surface area contributed by atoms with E-state index in [1.54, 1.807) is 36.0 Å². The van der Waals surface area contributed by atoms with Crippen LogP contribution in [0.5, 0.6) is 17.2 Å². The summed E-state index contributed by atoms with van der Waals surface area (Å²) in [5.41, 5.74) is 10.7. The Morgan fingerprint density at radius 1 is 0.924 bits per heavy atom. The van der Waals surface area contributed by atoms with Crippen molar-refractivity contribution in [2.24, 2.45) is 5.92 Å². The zero-order valence-corrected chi connectivity index (χ0v) is 38.7. The highest BCUT2D eigenvalue weighted by atomic mass is 35.5. The van der Waals surface area contributed by atoms with Crippen LogP contribution in [0.3, 0.4) is 0 Å². The number of carbonyl (C=O) groups excluding carboxylic acids is 2. The standard InChI is InChI=1S/C48H53Cl2FN10O5/c1-5-53-47(64)46-57-56-45(36-21-35(27(2)3)39(62)22-40(36)63)61(46)34-8-6-29(7-9-34)25-58-16-12-30(13-17-58)48(65)59-18-14-33(15-19-59)60-26-32(24-55-60)31-20-41(44(52)54-23-31)66-28(4)42-37(49)10-11-38(51)43(42)50/h6-11,20-24,26-28,30,33,62-63H,5,12-19,25H2,1-4H3,(H2,52,54)(H,53,64). The fraction of sp³-hybridized carbons (Fsp3) is 0.375. The molecule has 2 amide bonds. The number of aromatic hydroxyl groups is 2. The van der Waals surface area contributed by atoms with Gasteiger partial charge in [-0.2, -0.15) is 5.10 Å². The lowest BCUT2D eigenvalue weighted by Crippen LogP contribution is -2.45. The zero-order valence-electron chi connectivity index (χ0n) is 37.2. The summed E-state index contributed by atoms with van der Waals surface area (Å²) in [5.74, 6) is -0.220. The molecule has 2 aliphatic rings. The van der Waals surface area contributed by atoms with Crippen LogP contribution in [0.1, 0.15) is 98.8 Å². The van der Waals surface area contributed by atoms with E-state index in [2.05, 4.69) is 30.5 Å². The lowest BCUT2D eigenvalue weighted by molar-refractivity contribution is -0.138. The molecule has 0 radical (unpaired) electrons. The molecule has 66 heavy (non-hydrogen) atoms. The Hall–Kier alpha value is -6.23. The van der Waals surface area contributed by atoms with Crippen LogP contribution in [0.4, 0.5) is 10.2 Å². The number of nitrogen functional groups attached to an aromatic ring is 1. The number of nitrogens with zero attached hydrogens (tertiary/aromatic N) is 8. The van der Waals surface area contributed by atoms with E-state index < -0.39 is 17.8 Å². The number of hydrogen-bond donors (Lipinski definition) is 4. The highest BCUT2D eigenvalue weighted by molar-refractivity contribution is 6.36. The number of pyridine rings is 1. The number of halogens is 3. The number of aromatic nitrogens is 6. The fourth-order valence-electron chi connectivity index (χ4n) is 8.84. The van der Waals surface area contributed by atoms with Gasteiger partial charge >= 0.3 is 0 Å². The van der Waals surface area contributed by atoms with Gasteiger partial charge in [0, 0.05) is 78.0 Å². The summed E-state index contributed by atoms with van der Waals surface area (Å²) in [4.78, 5) is 35.6. The maximum atomic E-state index is 14.2. The van der Waals surface area contributed by atoms with E-state index in [1.165, 1.54) is 18.2 Å². The maximum absolute atomic E-state index is 14.2. The molecular weight excluding hydrogens is 886 g/mol. The van der Waals surface area contributed by atoms with Gasteiger partial charge in [0.05, 0.1) is 22.8 Å². The average Bonchev–Trinajstić information content (AvgIpc) is 3.98. The van der Waals surface area contributed by atoms with Crippen molar-refractivity contribution in [2.75, 3.05) is 38.5 Å². The molecule has 1 unspecified atom stereocenters. The molecule has 15 nitrogen and oxygen atoms in total. The number of piperidine rings is 2. The van der Waals surface area contributed by atoms with Gasteiger partial charge in [0.25, 0.3) is 5.91 Å². The van der Waals surface area contributed by atoms with Crippen molar-refractivity contribution >= 4 is 40.8 Å². The summed E-state index contributed by atoms with van der Waals surface area (Å²) in [6, 6.07) is 15.3. The number of amides is 2. The van der Waals surface area contributed by atoms with Crippen molar-refractivity contribution in [3.63, 3.8) is 0 Å². The van der Waals surface area contributed by atoms with Gasteiger partial charge in [-0.1, -0.05) is 49.2 Å². The SMILES string of the molecule is CCNC(=O)c1nnc(-c2cc(C(C)C)c(O)cc2O)n1-c1ccc(CN2CCC(C(=O)N3CCC(n4cc(-c5cnc(N)c(OC(C)c6c(Cl)ccc(F)c6Cl)c5)cn4)CC3)CC2)cc1. The number of nitrogens with two attached hydrogens (primary N) is 1. The average molecular weight is 940 g/mol. The first-order valence-electron chi connectivity index (χ1n) is 22.2. The summed E-state index contributed by atoms with van der Waals surface area (Å²) in [7, 11) is 0. The van der Waals surface area contributed by atoms with Crippen LogP contribution in [-0.2, 0) is 11.3 Å². The van der Waals surface area contributed by atoms with Gasteiger partial charge in [0.2, 0.25) is 11.7 Å². The zero-order chi connectivity index (χ0) is 46.8. The Balaban J connectivity index is 0.850. The van der Waals surface area contributed by atoms with Gasteiger partial charge in [-0.25, -0.2) is 9.37 Å². The van der Waals surface area contributed by atoms with Crippen molar-refractivity contribution in [2.45, 2.75) is 78.0 Å². The monoisotopic (exact) mass is 938 g/mol. The smallest absolute Gasteiger partial charge is 0.289 e. The second-order valence-corrected chi connectivity index (χ2v) is 18.0. The van der Waals surface area contributed by atoms with Crippen LogP contribution in [0, 0.1) is 11.7 Å². The molecule has 5 N–H and O–H groups in total. The van der Waals surface area contributed by atoms with Crippen molar-refractivity contribution in [1.82, 2.24) is 44.6 Å². The molecular formula is C48H53Cl2FN10O5. The molecule has 2 fully saturated rings. The second-order valence-electron chi connectivity index (χ2n) is 17.2. The molecule has 5 heterocycles. The van der Waals surface area contributed by atoms with E-state index in [9.17, 15) is 24.2 Å². The Bertz CT molecular complexity index is 2730. The number of rotatable bonds is 13. The molecule has 2 saturated heterocycles. The Morgan fingerprint density at radius 3 is 2.35 bits per heavy atom. The molecule has 0 aliphatic carbocycles. The molecule has 18 heteroatoms. The number of phenolic OH excluding ortho intramolecular Hbond substituents is 2. The third-order valence-corrected chi connectivity index (χ3v) is 13.2. The first kappa shape index (κ1) is 46.3. The summed E-state index contributed by atoms with van der Waals surface area (Å²) in [6.07, 6.45) is 7.78. The highest BCUT2D eigenvalue weighted by Crippen LogP contribution is 2.40.